The van der Waals surface area contributed by atoms with Crippen LogP contribution in [0.15, 0.2) is 29.0 Å². The Hall–Kier alpha value is -1.27. The molecule has 0 bridgehead atoms. The molecule has 2 rings (SSSR count). The maximum atomic E-state index is 11.4. The molecule has 4 nitrogen and oxygen atoms in total. The predicted octanol–water partition coefficient (Wildman–Crippen LogP) is 3.14. The Morgan fingerprint density at radius 3 is 2.65 bits per heavy atom. The van der Waals surface area contributed by atoms with Crippen LogP contribution in [0.3, 0.4) is 0 Å². The van der Waals surface area contributed by atoms with Gasteiger partial charge in [0.1, 0.15) is 5.01 Å². The van der Waals surface area contributed by atoms with Crippen molar-refractivity contribution < 1.29 is 9.53 Å². The molecule has 1 aromatic carbocycles. The van der Waals surface area contributed by atoms with Gasteiger partial charge in [-0.2, -0.15) is 4.37 Å². The molecule has 6 heteroatoms. The average Bonchev–Trinajstić information content (AvgIpc) is 2.76. The lowest BCUT2D eigenvalue weighted by atomic mass is 10.1. The zero-order chi connectivity index (χ0) is 12.3. The third-order valence-electron chi connectivity index (χ3n) is 2.04. The molecule has 88 valence electrons. The van der Waals surface area contributed by atoms with E-state index in [-0.39, 0.29) is 5.97 Å². The molecular formula is C11H9BrN2O2S. The molecule has 0 spiro atoms. The molecule has 17 heavy (non-hydrogen) atoms. The zero-order valence-electron chi connectivity index (χ0n) is 9.01. The number of halogens is 1. The Morgan fingerprint density at radius 2 is 2.12 bits per heavy atom. The SMILES string of the molecule is CCOC(=O)c1ccc(-c2nc(Br)ns2)cc1. The Bertz CT molecular complexity index is 525. The lowest BCUT2D eigenvalue weighted by Gasteiger charge is -2.01. The third-order valence-corrected chi connectivity index (χ3v) is 3.40. The summed E-state index contributed by atoms with van der Waals surface area (Å²) in [6.45, 7) is 2.16. The largest absolute Gasteiger partial charge is 0.462 e. The van der Waals surface area contributed by atoms with E-state index in [9.17, 15) is 4.79 Å². The number of ether oxygens (including phenoxy) is 1. The molecule has 0 aliphatic carbocycles. The summed E-state index contributed by atoms with van der Waals surface area (Å²) in [4.78, 5) is 15.6. The van der Waals surface area contributed by atoms with E-state index in [2.05, 4.69) is 25.3 Å². The highest BCUT2D eigenvalue weighted by atomic mass is 79.9. The first-order valence-corrected chi connectivity index (χ1v) is 6.54. The number of hydrogen-bond donors (Lipinski definition) is 0. The van der Waals surface area contributed by atoms with Gasteiger partial charge in [0.05, 0.1) is 12.2 Å². The van der Waals surface area contributed by atoms with Crippen LogP contribution >= 0.6 is 27.5 Å². The van der Waals surface area contributed by atoms with Gasteiger partial charge >= 0.3 is 5.97 Å². The normalized spacial score (nSPS) is 10.2. The van der Waals surface area contributed by atoms with Gasteiger partial charge in [0.15, 0.2) is 0 Å². The van der Waals surface area contributed by atoms with E-state index >= 15 is 0 Å². The summed E-state index contributed by atoms with van der Waals surface area (Å²) < 4.78 is 9.52. The van der Waals surface area contributed by atoms with Crippen LogP contribution in [0.25, 0.3) is 10.6 Å². The Balaban J connectivity index is 2.21. The fourth-order valence-corrected chi connectivity index (χ4v) is 2.37. The minimum atomic E-state index is -0.308. The van der Waals surface area contributed by atoms with E-state index in [0.29, 0.717) is 16.9 Å². The average molecular weight is 313 g/mol. The number of rotatable bonds is 3. The van der Waals surface area contributed by atoms with Crippen molar-refractivity contribution in [1.82, 2.24) is 9.36 Å². The zero-order valence-corrected chi connectivity index (χ0v) is 11.4. The van der Waals surface area contributed by atoms with E-state index in [4.69, 9.17) is 4.74 Å². The van der Waals surface area contributed by atoms with Crippen LogP contribution in [0.1, 0.15) is 17.3 Å². The van der Waals surface area contributed by atoms with Crippen LogP contribution < -0.4 is 0 Å². The van der Waals surface area contributed by atoms with Crippen LogP contribution in [-0.2, 0) is 4.74 Å². The van der Waals surface area contributed by atoms with Gasteiger partial charge in [-0.05, 0) is 46.5 Å². The number of hydrogen-bond acceptors (Lipinski definition) is 5. The molecule has 0 radical (unpaired) electrons. The maximum absolute atomic E-state index is 11.4. The topological polar surface area (TPSA) is 52.1 Å². The number of nitrogens with zero attached hydrogens (tertiary/aromatic N) is 2. The van der Waals surface area contributed by atoms with Crippen molar-refractivity contribution in [3.8, 4) is 10.6 Å². The number of benzene rings is 1. The van der Waals surface area contributed by atoms with Crippen LogP contribution in [0.2, 0.25) is 0 Å². The van der Waals surface area contributed by atoms with Gasteiger partial charge in [-0.15, -0.1) is 0 Å². The maximum Gasteiger partial charge on any atom is 0.338 e. The first kappa shape index (κ1) is 12.2. The van der Waals surface area contributed by atoms with E-state index in [0.717, 1.165) is 10.6 Å². The lowest BCUT2D eigenvalue weighted by Crippen LogP contribution is -2.03. The van der Waals surface area contributed by atoms with Gasteiger partial charge in [-0.1, -0.05) is 12.1 Å². The van der Waals surface area contributed by atoms with Gasteiger partial charge in [0.2, 0.25) is 4.73 Å². The van der Waals surface area contributed by atoms with Crippen LogP contribution in [0, 0.1) is 0 Å². The first-order valence-electron chi connectivity index (χ1n) is 4.97. The molecule has 0 N–H and O–H groups in total. The number of carbonyl (C=O) groups excluding carboxylic acids is 1. The fraction of sp³-hybridized carbons (Fsp3) is 0.182. The second-order valence-corrected chi connectivity index (χ2v) is 4.63. The minimum Gasteiger partial charge on any atom is -0.462 e. The Morgan fingerprint density at radius 1 is 1.41 bits per heavy atom. The molecule has 0 aliphatic heterocycles. The highest BCUT2D eigenvalue weighted by Crippen LogP contribution is 2.23. The number of carbonyl (C=O) groups is 1. The molecule has 0 fully saturated rings. The van der Waals surface area contributed by atoms with E-state index < -0.39 is 0 Å². The summed E-state index contributed by atoms with van der Waals surface area (Å²) in [5, 5.41) is 0.812. The molecule has 0 aliphatic rings. The molecule has 2 aromatic rings. The van der Waals surface area contributed by atoms with Crippen molar-refractivity contribution in [2.24, 2.45) is 0 Å². The molecule has 0 saturated heterocycles. The van der Waals surface area contributed by atoms with Crippen LogP contribution in [0.5, 0.6) is 0 Å². The van der Waals surface area contributed by atoms with Gasteiger partial charge in [-0.3, -0.25) is 0 Å². The summed E-state index contributed by atoms with van der Waals surface area (Å²) in [6, 6.07) is 7.11. The standard InChI is InChI=1S/C11H9BrN2O2S/c1-2-16-10(15)8-5-3-7(4-6-8)9-13-11(12)14-17-9/h3-6H,2H2,1H3. The monoisotopic (exact) mass is 312 g/mol. The van der Waals surface area contributed by atoms with Gasteiger partial charge in [0, 0.05) is 5.56 Å². The highest BCUT2D eigenvalue weighted by molar-refractivity contribution is 9.10. The first-order chi connectivity index (χ1) is 8.20. The lowest BCUT2D eigenvalue weighted by molar-refractivity contribution is 0.0526. The quantitative estimate of drug-likeness (QED) is 0.817. The molecule has 0 atom stereocenters. The van der Waals surface area contributed by atoms with E-state index in [1.54, 1.807) is 19.1 Å². The van der Waals surface area contributed by atoms with Crippen molar-refractivity contribution in [3.05, 3.63) is 34.6 Å². The van der Waals surface area contributed by atoms with E-state index in [1.165, 1.54) is 11.5 Å². The number of esters is 1. The molecule has 0 unspecified atom stereocenters. The predicted molar refractivity (Wildman–Crippen MR) is 69.0 cm³/mol. The van der Waals surface area contributed by atoms with Gasteiger partial charge in [0.25, 0.3) is 0 Å². The summed E-state index contributed by atoms with van der Waals surface area (Å²) in [7, 11) is 0. The summed E-state index contributed by atoms with van der Waals surface area (Å²) in [5.41, 5.74) is 1.47. The fourth-order valence-electron chi connectivity index (χ4n) is 1.29. The molecule has 0 amide bonds. The number of aromatic nitrogens is 2. The van der Waals surface area contributed by atoms with Gasteiger partial charge in [-0.25, -0.2) is 9.78 Å². The van der Waals surface area contributed by atoms with Crippen molar-refractivity contribution >= 4 is 33.4 Å². The minimum absolute atomic E-state index is 0.308. The van der Waals surface area contributed by atoms with Crippen molar-refractivity contribution in [3.63, 3.8) is 0 Å². The second-order valence-electron chi connectivity index (χ2n) is 3.17. The van der Waals surface area contributed by atoms with E-state index in [1.807, 2.05) is 12.1 Å². The Labute approximate surface area is 111 Å². The van der Waals surface area contributed by atoms with Crippen molar-refractivity contribution in [2.45, 2.75) is 6.92 Å². The van der Waals surface area contributed by atoms with Crippen molar-refractivity contribution in [1.29, 1.82) is 0 Å². The van der Waals surface area contributed by atoms with Crippen LogP contribution in [0.4, 0.5) is 0 Å². The third kappa shape index (κ3) is 2.89. The molecular weight excluding hydrogens is 304 g/mol. The smallest absolute Gasteiger partial charge is 0.338 e. The second kappa shape index (κ2) is 5.37. The molecule has 0 saturated carbocycles. The summed E-state index contributed by atoms with van der Waals surface area (Å²) in [6.07, 6.45) is 0. The van der Waals surface area contributed by atoms with Crippen LogP contribution in [-0.4, -0.2) is 21.9 Å². The van der Waals surface area contributed by atoms with Crippen molar-refractivity contribution in [2.75, 3.05) is 6.61 Å². The van der Waals surface area contributed by atoms with Gasteiger partial charge < -0.3 is 4.74 Å². The highest BCUT2D eigenvalue weighted by Gasteiger charge is 2.08. The molecule has 1 heterocycles. The summed E-state index contributed by atoms with van der Waals surface area (Å²) in [5.74, 6) is -0.308. The Kier molecular flexibility index (Phi) is 3.86. The summed E-state index contributed by atoms with van der Waals surface area (Å²) >= 11 is 4.50. The molecule has 1 aromatic heterocycles.